The van der Waals surface area contributed by atoms with Crippen molar-refractivity contribution in [2.24, 2.45) is 0 Å². The monoisotopic (exact) mass is 245 g/mol. The van der Waals surface area contributed by atoms with Crippen molar-refractivity contribution in [3.05, 3.63) is 29.3 Å². The summed E-state index contributed by atoms with van der Waals surface area (Å²) in [5.41, 5.74) is -0.644. The van der Waals surface area contributed by atoms with Crippen LogP contribution in [-0.2, 0) is 11.0 Å². The number of carbonyl (C=O) groups is 1. The highest BCUT2D eigenvalue weighted by Gasteiger charge is 2.42. The average molecular weight is 245 g/mol. The lowest BCUT2D eigenvalue weighted by Gasteiger charge is -2.14. The normalized spacial score (nSPS) is 19.3. The first-order chi connectivity index (χ1) is 7.82. The lowest BCUT2D eigenvalue weighted by molar-refractivity contribution is -0.141. The van der Waals surface area contributed by atoms with Crippen LogP contribution in [0.4, 0.5) is 18.9 Å². The van der Waals surface area contributed by atoms with Crippen LogP contribution in [0.25, 0.3) is 0 Å². The summed E-state index contributed by atoms with van der Waals surface area (Å²) >= 11 is 0. The molecule has 1 atom stereocenters. The van der Waals surface area contributed by atoms with E-state index in [1.165, 1.54) is 17.0 Å². The zero-order valence-electron chi connectivity index (χ0n) is 8.95. The Labute approximate surface area is 95.5 Å². The molecule has 2 rings (SSSR count). The number of nitrogens with zero attached hydrogens (tertiary/aromatic N) is 1. The minimum atomic E-state index is -4.52. The number of carboxylic acids is 1. The molecule has 0 radical (unpaired) electrons. The van der Waals surface area contributed by atoms with Crippen LogP contribution in [-0.4, -0.2) is 24.7 Å². The molecule has 0 bridgehead atoms. The zero-order chi connectivity index (χ0) is 12.8. The smallest absolute Gasteiger partial charge is 0.416 e. The number of likely N-dealkylation sites (N-methyl/N-ethyl adjacent to an activating group) is 1. The molecule has 92 valence electrons. The Hall–Kier alpha value is -1.72. The number of hydrogen-bond donors (Lipinski definition) is 1. The van der Waals surface area contributed by atoms with Crippen molar-refractivity contribution < 1.29 is 23.1 Å². The molecule has 0 spiro atoms. The molecule has 1 unspecified atom stereocenters. The molecule has 3 nitrogen and oxygen atoms in total. The van der Waals surface area contributed by atoms with Crippen LogP contribution >= 0.6 is 0 Å². The Balaban J connectivity index is 2.64. The first kappa shape index (κ1) is 11.8. The molecule has 0 aromatic heterocycles. The highest BCUT2D eigenvalue weighted by molar-refractivity contribution is 5.84. The summed E-state index contributed by atoms with van der Waals surface area (Å²) in [4.78, 5) is 12.5. The van der Waals surface area contributed by atoms with Gasteiger partial charge in [0.2, 0.25) is 0 Å². The molecule has 0 amide bonds. The number of alkyl halides is 3. The van der Waals surface area contributed by atoms with Crippen molar-refractivity contribution in [3.63, 3.8) is 0 Å². The zero-order valence-corrected chi connectivity index (χ0v) is 8.95. The third-order valence-electron chi connectivity index (χ3n) is 2.90. The van der Waals surface area contributed by atoms with Crippen LogP contribution in [0.1, 0.15) is 17.0 Å². The van der Waals surface area contributed by atoms with Gasteiger partial charge in [-0.15, -0.1) is 0 Å². The van der Waals surface area contributed by atoms with Gasteiger partial charge in [0.05, 0.1) is 5.56 Å². The maximum absolute atomic E-state index is 12.8. The average Bonchev–Trinajstić information content (AvgIpc) is 2.55. The van der Waals surface area contributed by atoms with Gasteiger partial charge in [-0.1, -0.05) is 6.07 Å². The van der Waals surface area contributed by atoms with Gasteiger partial charge in [0.25, 0.3) is 0 Å². The van der Waals surface area contributed by atoms with Gasteiger partial charge in [-0.05, 0) is 12.1 Å². The van der Waals surface area contributed by atoms with Crippen molar-refractivity contribution in [2.75, 3.05) is 18.5 Å². The van der Waals surface area contributed by atoms with E-state index in [-0.39, 0.29) is 12.1 Å². The van der Waals surface area contributed by atoms with E-state index in [9.17, 15) is 18.0 Å². The van der Waals surface area contributed by atoms with Gasteiger partial charge in [-0.3, -0.25) is 4.79 Å². The number of carboxylic acid groups (broad SMARTS) is 1. The SMILES string of the molecule is CN1CC(C(=O)O)c2c1cccc2C(F)(F)F. The number of aliphatic carboxylic acids is 1. The number of anilines is 1. The van der Waals surface area contributed by atoms with Gasteiger partial charge in [0.1, 0.15) is 5.92 Å². The molecular formula is C11H10F3NO2. The summed E-state index contributed by atoms with van der Waals surface area (Å²) in [6.07, 6.45) is -4.52. The first-order valence-corrected chi connectivity index (χ1v) is 4.96. The van der Waals surface area contributed by atoms with Crippen molar-refractivity contribution in [1.82, 2.24) is 0 Å². The molecule has 1 aliphatic rings. The van der Waals surface area contributed by atoms with Gasteiger partial charge in [0.15, 0.2) is 0 Å². The summed E-state index contributed by atoms with van der Waals surface area (Å²) in [7, 11) is 1.59. The maximum Gasteiger partial charge on any atom is 0.416 e. The Bertz CT molecular complexity index is 470. The molecule has 6 heteroatoms. The van der Waals surface area contributed by atoms with E-state index in [0.29, 0.717) is 5.69 Å². The van der Waals surface area contributed by atoms with Gasteiger partial charge in [0, 0.05) is 24.8 Å². The molecule has 1 aromatic carbocycles. The summed E-state index contributed by atoms with van der Waals surface area (Å²) in [5, 5.41) is 8.97. The summed E-state index contributed by atoms with van der Waals surface area (Å²) in [6.45, 7) is 0.0672. The van der Waals surface area contributed by atoms with Crippen LogP contribution in [0.3, 0.4) is 0 Å². The Morgan fingerprint density at radius 1 is 1.47 bits per heavy atom. The second-order valence-electron chi connectivity index (χ2n) is 4.01. The third-order valence-corrected chi connectivity index (χ3v) is 2.90. The maximum atomic E-state index is 12.8. The first-order valence-electron chi connectivity index (χ1n) is 4.96. The van der Waals surface area contributed by atoms with Crippen LogP contribution in [0.5, 0.6) is 0 Å². The minimum Gasteiger partial charge on any atom is -0.481 e. The van der Waals surface area contributed by atoms with E-state index in [4.69, 9.17) is 5.11 Å². The minimum absolute atomic E-state index is 0.0672. The molecule has 0 saturated carbocycles. The second kappa shape index (κ2) is 3.65. The number of hydrogen-bond acceptors (Lipinski definition) is 2. The van der Waals surface area contributed by atoms with E-state index in [0.717, 1.165) is 6.07 Å². The standard InChI is InChI=1S/C11H10F3NO2/c1-15-5-6(10(16)17)9-7(11(12,13)14)3-2-4-8(9)15/h2-4,6H,5H2,1H3,(H,16,17). The summed E-state index contributed by atoms with van der Waals surface area (Å²) < 4.78 is 38.4. The fourth-order valence-electron chi connectivity index (χ4n) is 2.16. The van der Waals surface area contributed by atoms with E-state index < -0.39 is 23.6 Å². The second-order valence-corrected chi connectivity index (χ2v) is 4.01. The van der Waals surface area contributed by atoms with Crippen LogP contribution in [0.2, 0.25) is 0 Å². The fraction of sp³-hybridized carbons (Fsp3) is 0.364. The van der Waals surface area contributed by atoms with Crippen LogP contribution in [0.15, 0.2) is 18.2 Å². The van der Waals surface area contributed by atoms with Crippen molar-refractivity contribution in [2.45, 2.75) is 12.1 Å². The summed E-state index contributed by atoms with van der Waals surface area (Å²) in [6, 6.07) is 3.73. The van der Waals surface area contributed by atoms with Gasteiger partial charge < -0.3 is 10.0 Å². The number of benzene rings is 1. The van der Waals surface area contributed by atoms with Gasteiger partial charge in [-0.25, -0.2) is 0 Å². The number of fused-ring (bicyclic) bond motifs is 1. The molecule has 0 saturated heterocycles. The quantitative estimate of drug-likeness (QED) is 0.825. The lowest BCUT2D eigenvalue weighted by atomic mass is 9.95. The molecule has 1 N–H and O–H groups in total. The number of rotatable bonds is 1. The Morgan fingerprint density at radius 3 is 2.65 bits per heavy atom. The highest BCUT2D eigenvalue weighted by Crippen LogP contribution is 2.43. The molecule has 0 fully saturated rings. The largest absolute Gasteiger partial charge is 0.481 e. The predicted octanol–water partition coefficient (Wildman–Crippen LogP) is 2.32. The molecule has 0 aliphatic carbocycles. The van der Waals surface area contributed by atoms with E-state index in [1.807, 2.05) is 0 Å². The topological polar surface area (TPSA) is 40.5 Å². The van der Waals surface area contributed by atoms with Gasteiger partial charge in [-0.2, -0.15) is 13.2 Å². The fourth-order valence-corrected chi connectivity index (χ4v) is 2.16. The van der Waals surface area contributed by atoms with Crippen LogP contribution < -0.4 is 4.90 Å². The van der Waals surface area contributed by atoms with E-state index in [2.05, 4.69) is 0 Å². The molecule has 1 aliphatic heterocycles. The lowest BCUT2D eigenvalue weighted by Crippen LogP contribution is -2.20. The Kier molecular flexibility index (Phi) is 2.52. The van der Waals surface area contributed by atoms with Crippen LogP contribution in [0, 0.1) is 0 Å². The molecule has 1 heterocycles. The molecule has 1 aromatic rings. The predicted molar refractivity (Wildman–Crippen MR) is 55.1 cm³/mol. The number of halogens is 3. The third kappa shape index (κ3) is 1.83. The van der Waals surface area contributed by atoms with Crippen molar-refractivity contribution in [1.29, 1.82) is 0 Å². The van der Waals surface area contributed by atoms with Crippen molar-refractivity contribution in [3.8, 4) is 0 Å². The summed E-state index contributed by atoms with van der Waals surface area (Å²) in [5.74, 6) is -2.35. The van der Waals surface area contributed by atoms with E-state index in [1.54, 1.807) is 7.05 Å². The molecular weight excluding hydrogens is 235 g/mol. The van der Waals surface area contributed by atoms with E-state index >= 15 is 0 Å². The van der Waals surface area contributed by atoms with Crippen molar-refractivity contribution >= 4 is 11.7 Å². The Morgan fingerprint density at radius 2 is 2.12 bits per heavy atom. The highest BCUT2D eigenvalue weighted by atomic mass is 19.4. The molecule has 17 heavy (non-hydrogen) atoms. The van der Waals surface area contributed by atoms with Gasteiger partial charge >= 0.3 is 12.1 Å².